The lowest BCUT2D eigenvalue weighted by Gasteiger charge is -2.58. The number of ether oxygens (including phenoxy) is 3. The first-order chi connectivity index (χ1) is 19.4. The van der Waals surface area contributed by atoms with Crippen molar-refractivity contribution >= 4 is 5.97 Å². The summed E-state index contributed by atoms with van der Waals surface area (Å²) in [6, 6.07) is 0. The van der Waals surface area contributed by atoms with Crippen LogP contribution in [-0.2, 0) is 19.0 Å². The second kappa shape index (κ2) is 10.9. The molecular weight excluding hydrogens is 508 g/mol. The van der Waals surface area contributed by atoms with Gasteiger partial charge in [-0.1, -0.05) is 53.2 Å². The maximum atomic E-state index is 13.2. The summed E-state index contributed by atoms with van der Waals surface area (Å²) in [5.41, 5.74) is 2.78. The Kier molecular flexibility index (Phi) is 8.05. The molecule has 0 amide bonds. The second-order valence-corrected chi connectivity index (χ2v) is 16.9. The van der Waals surface area contributed by atoms with Crippen molar-refractivity contribution < 1.29 is 19.0 Å². The Bertz CT molecular complexity index is 1010. The first-order valence-corrected chi connectivity index (χ1v) is 17.5. The van der Waals surface area contributed by atoms with Crippen molar-refractivity contribution in [2.45, 2.75) is 144 Å². The van der Waals surface area contributed by atoms with E-state index >= 15 is 0 Å². The molecule has 5 saturated carbocycles. The normalized spacial score (nSPS) is 46.8. The highest BCUT2D eigenvalue weighted by atomic mass is 16.7. The Labute approximate surface area is 251 Å². The van der Waals surface area contributed by atoms with Crippen LogP contribution < -0.4 is 0 Å². The summed E-state index contributed by atoms with van der Waals surface area (Å²) in [5, 5.41) is 0. The number of carbonyl (C=O) groups is 1. The van der Waals surface area contributed by atoms with Crippen molar-refractivity contribution in [3.63, 3.8) is 0 Å². The fraction of sp³-hybridized carbons (Fsp3) is 0.919. The topological polar surface area (TPSA) is 44.8 Å². The highest BCUT2D eigenvalue weighted by Crippen LogP contribution is 2.68. The third-order valence-electron chi connectivity index (χ3n) is 14.6. The number of carbonyl (C=O) groups excluding carboxylic acids is 1. The van der Waals surface area contributed by atoms with Gasteiger partial charge in [-0.15, -0.1) is 0 Å². The maximum absolute atomic E-state index is 13.2. The van der Waals surface area contributed by atoms with E-state index in [1.807, 2.05) is 6.92 Å². The molecule has 0 spiro atoms. The Morgan fingerprint density at radius 2 is 1.80 bits per heavy atom. The molecule has 6 rings (SSSR count). The number of hydrogen-bond donors (Lipinski definition) is 0. The van der Waals surface area contributed by atoms with Gasteiger partial charge in [-0.25, -0.2) is 0 Å². The standard InChI is InChI=1S/C37H60O4/c1-8-39-23-40-27-16-19-36(6)25(21-27)10-11-28-30-13-12-29(37(30,7)20-17-31(28)36)24(2)9-14-32(38)41-33-34(3,4)26-15-18-35(33,5)22-26/h10,24,26-31,33H,8-9,11-23H2,1-7H3/t24-,26?,27+,28+,29-,30+,31+,33?,35?,36+,37-/m1/s1. The molecule has 5 fully saturated rings. The van der Waals surface area contributed by atoms with Crippen molar-refractivity contribution in [1.82, 2.24) is 0 Å². The summed E-state index contributed by atoms with van der Waals surface area (Å²) < 4.78 is 17.9. The van der Waals surface area contributed by atoms with Crippen LogP contribution in [0.25, 0.3) is 0 Å². The fourth-order valence-corrected chi connectivity index (χ4v) is 12.3. The lowest BCUT2D eigenvalue weighted by Crippen LogP contribution is -2.51. The lowest BCUT2D eigenvalue weighted by atomic mass is 9.47. The molecule has 11 atom stereocenters. The van der Waals surface area contributed by atoms with Gasteiger partial charge in [0.2, 0.25) is 0 Å². The van der Waals surface area contributed by atoms with E-state index in [9.17, 15) is 4.79 Å². The zero-order valence-corrected chi connectivity index (χ0v) is 27.4. The maximum Gasteiger partial charge on any atom is 0.306 e. The molecule has 0 aliphatic heterocycles. The van der Waals surface area contributed by atoms with E-state index in [1.165, 1.54) is 64.2 Å². The zero-order chi connectivity index (χ0) is 29.2. The number of fused-ring (bicyclic) bond motifs is 7. The molecule has 0 aromatic rings. The highest BCUT2D eigenvalue weighted by molar-refractivity contribution is 5.69. The van der Waals surface area contributed by atoms with Crippen LogP contribution in [0.15, 0.2) is 11.6 Å². The minimum atomic E-state index is 0.0609. The van der Waals surface area contributed by atoms with E-state index in [1.54, 1.807) is 5.57 Å². The quantitative estimate of drug-likeness (QED) is 0.120. The molecule has 0 heterocycles. The summed E-state index contributed by atoms with van der Waals surface area (Å²) in [4.78, 5) is 13.2. The smallest absolute Gasteiger partial charge is 0.306 e. The van der Waals surface area contributed by atoms with Crippen molar-refractivity contribution in [2.24, 2.45) is 57.2 Å². The summed E-state index contributed by atoms with van der Waals surface area (Å²) in [7, 11) is 0. The Hall–Kier alpha value is -0.870. The van der Waals surface area contributed by atoms with E-state index in [0.29, 0.717) is 42.0 Å². The molecule has 2 bridgehead atoms. The van der Waals surface area contributed by atoms with Gasteiger partial charge in [0.15, 0.2) is 0 Å². The Morgan fingerprint density at radius 1 is 1.00 bits per heavy atom. The molecule has 3 unspecified atom stereocenters. The van der Waals surface area contributed by atoms with Gasteiger partial charge in [0.05, 0.1) is 6.10 Å². The molecule has 6 aliphatic rings. The zero-order valence-electron chi connectivity index (χ0n) is 27.4. The predicted molar refractivity (Wildman–Crippen MR) is 164 cm³/mol. The van der Waals surface area contributed by atoms with Gasteiger partial charge in [0, 0.05) is 23.9 Å². The van der Waals surface area contributed by atoms with Crippen LogP contribution in [0.5, 0.6) is 0 Å². The first kappa shape index (κ1) is 30.2. The highest BCUT2D eigenvalue weighted by Gasteiger charge is 2.62. The number of allylic oxidation sites excluding steroid dienone is 1. The average molecular weight is 569 g/mol. The van der Waals surface area contributed by atoms with Gasteiger partial charge in [0.1, 0.15) is 12.9 Å². The molecule has 0 saturated heterocycles. The second-order valence-electron chi connectivity index (χ2n) is 16.9. The van der Waals surface area contributed by atoms with Gasteiger partial charge in [0.25, 0.3) is 0 Å². The molecule has 232 valence electrons. The minimum absolute atomic E-state index is 0.0609. The molecule has 41 heavy (non-hydrogen) atoms. The van der Waals surface area contributed by atoms with E-state index < -0.39 is 0 Å². The summed E-state index contributed by atoms with van der Waals surface area (Å²) in [5.74, 6) is 4.57. The van der Waals surface area contributed by atoms with Gasteiger partial charge in [-0.2, -0.15) is 0 Å². The summed E-state index contributed by atoms with van der Waals surface area (Å²) >= 11 is 0. The predicted octanol–water partition coefficient (Wildman–Crippen LogP) is 9.12. The van der Waals surface area contributed by atoms with Crippen LogP contribution in [0.2, 0.25) is 0 Å². The van der Waals surface area contributed by atoms with E-state index in [4.69, 9.17) is 14.2 Å². The van der Waals surface area contributed by atoms with E-state index in [-0.39, 0.29) is 22.9 Å². The van der Waals surface area contributed by atoms with Gasteiger partial charge >= 0.3 is 5.97 Å². The molecule has 0 aromatic carbocycles. The Balaban J connectivity index is 1.06. The third kappa shape index (κ3) is 4.98. The van der Waals surface area contributed by atoms with Crippen LogP contribution in [-0.4, -0.2) is 31.6 Å². The largest absolute Gasteiger partial charge is 0.461 e. The van der Waals surface area contributed by atoms with Gasteiger partial charge < -0.3 is 14.2 Å². The number of rotatable bonds is 9. The number of esters is 1. The van der Waals surface area contributed by atoms with Gasteiger partial charge in [-0.05, 0) is 130 Å². The SMILES string of the molecule is CCOCO[C@H]1CC[C@@]2(C)C(=CC[C@H]3[C@@H]4CC[C@H]([C@H](C)CCC(=O)OC5C6(C)CCC(C6)C5(C)C)[C@@]4(C)CC[C@@H]32)C1. The van der Waals surface area contributed by atoms with Crippen LogP contribution >= 0.6 is 0 Å². The summed E-state index contributed by atoms with van der Waals surface area (Å²) in [6.45, 7) is 17.9. The van der Waals surface area contributed by atoms with Crippen molar-refractivity contribution in [2.75, 3.05) is 13.4 Å². The van der Waals surface area contributed by atoms with Crippen molar-refractivity contribution in [3.05, 3.63) is 11.6 Å². The molecule has 6 aliphatic carbocycles. The molecule has 0 N–H and O–H groups in total. The average Bonchev–Trinajstić information content (AvgIpc) is 3.56. The first-order valence-electron chi connectivity index (χ1n) is 17.5. The minimum Gasteiger partial charge on any atom is -0.461 e. The third-order valence-corrected chi connectivity index (χ3v) is 14.6. The molecule has 4 nitrogen and oxygen atoms in total. The van der Waals surface area contributed by atoms with Crippen molar-refractivity contribution in [1.29, 1.82) is 0 Å². The Morgan fingerprint density at radius 3 is 2.54 bits per heavy atom. The fourth-order valence-electron chi connectivity index (χ4n) is 12.3. The summed E-state index contributed by atoms with van der Waals surface area (Å²) in [6.07, 6.45) is 18.7. The van der Waals surface area contributed by atoms with Crippen molar-refractivity contribution in [3.8, 4) is 0 Å². The van der Waals surface area contributed by atoms with Crippen LogP contribution in [0.1, 0.15) is 132 Å². The number of hydrogen-bond acceptors (Lipinski definition) is 4. The molecule has 4 heteroatoms. The van der Waals surface area contributed by atoms with Gasteiger partial charge in [-0.3, -0.25) is 4.79 Å². The molecule has 0 aromatic heterocycles. The monoisotopic (exact) mass is 568 g/mol. The van der Waals surface area contributed by atoms with E-state index in [2.05, 4.69) is 47.6 Å². The molecule has 0 radical (unpaired) electrons. The lowest BCUT2D eigenvalue weighted by molar-refractivity contribution is -0.165. The van der Waals surface area contributed by atoms with Crippen LogP contribution in [0, 0.1) is 57.2 Å². The van der Waals surface area contributed by atoms with Crippen LogP contribution in [0.4, 0.5) is 0 Å². The molecular formula is C37H60O4. The van der Waals surface area contributed by atoms with Crippen LogP contribution in [0.3, 0.4) is 0 Å². The van der Waals surface area contributed by atoms with E-state index in [0.717, 1.165) is 43.1 Å².